The summed E-state index contributed by atoms with van der Waals surface area (Å²) in [7, 11) is 0. The van der Waals surface area contributed by atoms with Crippen molar-refractivity contribution in [2.45, 2.75) is 13.0 Å². The van der Waals surface area contributed by atoms with E-state index in [1.54, 1.807) is 31.2 Å². The molecule has 0 bridgehead atoms. The van der Waals surface area contributed by atoms with Crippen LogP contribution in [0.3, 0.4) is 0 Å². The molecule has 0 aromatic heterocycles. The monoisotopic (exact) mass is 339 g/mol. The van der Waals surface area contributed by atoms with Crippen LogP contribution in [0.1, 0.15) is 28.9 Å². The maximum absolute atomic E-state index is 13.6. The van der Waals surface area contributed by atoms with Gasteiger partial charge >= 0.3 is 0 Å². The molecule has 5 heteroatoms. The summed E-state index contributed by atoms with van der Waals surface area (Å²) in [5, 5.41) is 2.64. The molecular formula is C15H12BrF2NO. The predicted octanol–water partition coefficient (Wildman–Crippen LogP) is 4.22. The van der Waals surface area contributed by atoms with Crippen molar-refractivity contribution in [2.24, 2.45) is 0 Å². The molecular weight excluding hydrogens is 328 g/mol. The number of nitrogens with one attached hydrogen (secondary N) is 1. The minimum atomic E-state index is -0.623. The molecule has 0 aliphatic carbocycles. The molecule has 2 aromatic carbocycles. The average molecular weight is 340 g/mol. The fourth-order valence-electron chi connectivity index (χ4n) is 1.81. The zero-order valence-electron chi connectivity index (χ0n) is 10.7. The molecule has 0 heterocycles. The second kappa shape index (κ2) is 6.13. The van der Waals surface area contributed by atoms with Crippen LogP contribution in [0.4, 0.5) is 8.78 Å². The largest absolute Gasteiger partial charge is 0.345 e. The van der Waals surface area contributed by atoms with Crippen LogP contribution >= 0.6 is 15.9 Å². The number of rotatable bonds is 3. The lowest BCUT2D eigenvalue weighted by molar-refractivity contribution is 0.0939. The van der Waals surface area contributed by atoms with Crippen molar-refractivity contribution in [1.82, 2.24) is 5.32 Å². The molecule has 2 nitrogen and oxygen atoms in total. The molecule has 0 fully saturated rings. The summed E-state index contributed by atoms with van der Waals surface area (Å²) in [6.07, 6.45) is 0. The van der Waals surface area contributed by atoms with Crippen LogP contribution in [-0.2, 0) is 0 Å². The molecule has 0 radical (unpaired) electrons. The second-order valence-corrected chi connectivity index (χ2v) is 5.28. The van der Waals surface area contributed by atoms with Crippen molar-refractivity contribution >= 4 is 21.8 Å². The molecule has 1 N–H and O–H groups in total. The summed E-state index contributed by atoms with van der Waals surface area (Å²) >= 11 is 3.28. The van der Waals surface area contributed by atoms with E-state index in [9.17, 15) is 13.6 Å². The Morgan fingerprint density at radius 3 is 2.45 bits per heavy atom. The Hall–Kier alpha value is -1.75. The van der Waals surface area contributed by atoms with Crippen LogP contribution in [0.25, 0.3) is 0 Å². The van der Waals surface area contributed by atoms with Gasteiger partial charge in [-0.05, 0) is 49.4 Å². The van der Waals surface area contributed by atoms with Gasteiger partial charge in [-0.15, -0.1) is 0 Å². The summed E-state index contributed by atoms with van der Waals surface area (Å²) < 4.78 is 27.6. The number of carbonyl (C=O) groups is 1. The number of amides is 1. The van der Waals surface area contributed by atoms with Crippen molar-refractivity contribution in [3.05, 3.63) is 69.7 Å². The third kappa shape index (κ3) is 3.42. The molecule has 2 rings (SSSR count). The van der Waals surface area contributed by atoms with Gasteiger partial charge in [-0.1, -0.05) is 15.9 Å². The molecule has 104 valence electrons. The third-order valence-electron chi connectivity index (χ3n) is 2.88. The van der Waals surface area contributed by atoms with Crippen molar-refractivity contribution < 1.29 is 13.6 Å². The van der Waals surface area contributed by atoms with Crippen molar-refractivity contribution in [3.8, 4) is 0 Å². The van der Waals surface area contributed by atoms with E-state index in [2.05, 4.69) is 21.2 Å². The summed E-state index contributed by atoms with van der Waals surface area (Å²) in [6.45, 7) is 1.61. The molecule has 0 spiro atoms. The fraction of sp³-hybridized carbons (Fsp3) is 0.133. The van der Waals surface area contributed by atoms with Gasteiger partial charge in [0.25, 0.3) is 5.91 Å². The highest BCUT2D eigenvalue weighted by atomic mass is 79.9. The van der Waals surface area contributed by atoms with E-state index in [0.29, 0.717) is 5.56 Å². The van der Waals surface area contributed by atoms with Gasteiger partial charge in [-0.3, -0.25) is 4.79 Å². The zero-order valence-corrected chi connectivity index (χ0v) is 12.2. The Morgan fingerprint density at radius 1 is 1.15 bits per heavy atom. The lowest BCUT2D eigenvalue weighted by atomic mass is 10.1. The first-order valence-electron chi connectivity index (χ1n) is 5.99. The quantitative estimate of drug-likeness (QED) is 0.891. The standard InChI is InChI=1S/C15H12BrF2NO/c1-9(13-8-12(17)6-7-14(13)18)19-15(20)10-2-4-11(16)5-3-10/h2-9H,1H3,(H,19,20). The van der Waals surface area contributed by atoms with E-state index in [0.717, 1.165) is 22.7 Å². The Morgan fingerprint density at radius 2 is 1.80 bits per heavy atom. The maximum atomic E-state index is 13.6. The van der Waals surface area contributed by atoms with Crippen LogP contribution in [0.5, 0.6) is 0 Å². The summed E-state index contributed by atoms with van der Waals surface area (Å²) in [6, 6.07) is 9.32. The van der Waals surface area contributed by atoms with Crippen molar-refractivity contribution in [2.75, 3.05) is 0 Å². The third-order valence-corrected chi connectivity index (χ3v) is 3.41. The number of hydrogen-bond donors (Lipinski definition) is 1. The first-order chi connectivity index (χ1) is 9.47. The minimum absolute atomic E-state index is 0.121. The fourth-order valence-corrected chi connectivity index (χ4v) is 2.07. The minimum Gasteiger partial charge on any atom is -0.345 e. The first kappa shape index (κ1) is 14.7. The van der Waals surface area contributed by atoms with Crippen LogP contribution in [0.2, 0.25) is 0 Å². The normalized spacial score (nSPS) is 12.0. The summed E-state index contributed by atoms with van der Waals surface area (Å²) in [5.41, 5.74) is 0.576. The highest BCUT2D eigenvalue weighted by molar-refractivity contribution is 9.10. The molecule has 0 aliphatic heterocycles. The zero-order chi connectivity index (χ0) is 14.7. The van der Waals surface area contributed by atoms with Crippen molar-refractivity contribution in [3.63, 3.8) is 0 Å². The van der Waals surface area contributed by atoms with E-state index >= 15 is 0 Å². The number of carbonyl (C=O) groups excluding carboxylic acids is 1. The average Bonchev–Trinajstić information content (AvgIpc) is 2.42. The molecule has 0 saturated carbocycles. The highest BCUT2D eigenvalue weighted by Crippen LogP contribution is 2.19. The van der Waals surface area contributed by atoms with Crippen LogP contribution in [0.15, 0.2) is 46.9 Å². The molecule has 1 unspecified atom stereocenters. The molecule has 0 saturated heterocycles. The van der Waals surface area contributed by atoms with Gasteiger partial charge in [-0.25, -0.2) is 8.78 Å². The molecule has 2 aromatic rings. The van der Waals surface area contributed by atoms with Gasteiger partial charge in [0.2, 0.25) is 0 Å². The lowest BCUT2D eigenvalue weighted by Crippen LogP contribution is -2.27. The summed E-state index contributed by atoms with van der Waals surface area (Å²) in [5.74, 6) is -1.42. The smallest absolute Gasteiger partial charge is 0.251 e. The van der Waals surface area contributed by atoms with Crippen LogP contribution < -0.4 is 5.32 Å². The maximum Gasteiger partial charge on any atom is 0.251 e. The number of benzene rings is 2. The van der Waals surface area contributed by atoms with Gasteiger partial charge in [0.05, 0.1) is 6.04 Å². The molecule has 20 heavy (non-hydrogen) atoms. The first-order valence-corrected chi connectivity index (χ1v) is 6.78. The highest BCUT2D eigenvalue weighted by Gasteiger charge is 2.15. The van der Waals surface area contributed by atoms with Gasteiger partial charge in [0, 0.05) is 15.6 Å². The van der Waals surface area contributed by atoms with Gasteiger partial charge in [0.15, 0.2) is 0 Å². The molecule has 0 aliphatic rings. The lowest BCUT2D eigenvalue weighted by Gasteiger charge is -2.15. The van der Waals surface area contributed by atoms with E-state index in [1.165, 1.54) is 0 Å². The van der Waals surface area contributed by atoms with E-state index in [4.69, 9.17) is 0 Å². The Bertz CT molecular complexity index is 628. The Labute approximate surface area is 123 Å². The van der Waals surface area contributed by atoms with Gasteiger partial charge < -0.3 is 5.32 Å². The number of hydrogen-bond acceptors (Lipinski definition) is 1. The van der Waals surface area contributed by atoms with E-state index in [1.807, 2.05) is 0 Å². The summed E-state index contributed by atoms with van der Waals surface area (Å²) in [4.78, 5) is 12.0. The topological polar surface area (TPSA) is 29.1 Å². The number of halogens is 3. The Balaban J connectivity index is 2.15. The van der Waals surface area contributed by atoms with Gasteiger partial charge in [0.1, 0.15) is 11.6 Å². The van der Waals surface area contributed by atoms with Gasteiger partial charge in [-0.2, -0.15) is 0 Å². The van der Waals surface area contributed by atoms with E-state index in [-0.39, 0.29) is 11.5 Å². The second-order valence-electron chi connectivity index (χ2n) is 4.37. The SMILES string of the molecule is CC(NC(=O)c1ccc(Br)cc1)c1cc(F)ccc1F. The Kier molecular flexibility index (Phi) is 4.49. The van der Waals surface area contributed by atoms with E-state index < -0.39 is 17.7 Å². The van der Waals surface area contributed by atoms with Crippen LogP contribution in [-0.4, -0.2) is 5.91 Å². The predicted molar refractivity (Wildman–Crippen MR) is 76.4 cm³/mol. The van der Waals surface area contributed by atoms with Crippen LogP contribution in [0, 0.1) is 11.6 Å². The molecule has 1 amide bonds. The molecule has 1 atom stereocenters. The van der Waals surface area contributed by atoms with Crippen molar-refractivity contribution in [1.29, 1.82) is 0 Å².